The van der Waals surface area contributed by atoms with Crippen LogP contribution in [0.3, 0.4) is 0 Å². The molecule has 0 saturated heterocycles. The number of carboxylic acids is 2. The molecule has 42 heavy (non-hydrogen) atoms. The van der Waals surface area contributed by atoms with Gasteiger partial charge in [0.15, 0.2) is 6.54 Å². The van der Waals surface area contributed by atoms with E-state index in [-0.39, 0.29) is 18.3 Å². The van der Waals surface area contributed by atoms with Crippen molar-refractivity contribution in [2.75, 3.05) is 11.4 Å². The number of benzene rings is 2. The van der Waals surface area contributed by atoms with Gasteiger partial charge in [0.2, 0.25) is 5.52 Å². The second-order valence-electron chi connectivity index (χ2n) is 11.9. The SMILES string of the molecule is Cc1ccc2c(c1)S/C(=C\C=C1C=C(/C=C/c3sc4cc(C)ccc4[n+]3CCC(=O)[O-])CC(C)(C)C\1)N2CCC(=O)O. The van der Waals surface area contributed by atoms with Crippen molar-refractivity contribution in [3.8, 4) is 0 Å². The lowest BCUT2D eigenvalue weighted by atomic mass is 9.75. The van der Waals surface area contributed by atoms with Crippen molar-refractivity contribution in [2.45, 2.75) is 64.8 Å². The van der Waals surface area contributed by atoms with Gasteiger partial charge in [-0.2, -0.15) is 4.57 Å². The van der Waals surface area contributed by atoms with Gasteiger partial charge < -0.3 is 19.9 Å². The zero-order chi connectivity index (χ0) is 30.0. The standard InChI is InChI=1S/C34H36N2O4S2/c1-22-5-9-26-28(17-22)41-30(35(26)15-13-32(37)38)11-7-24-19-25(21-34(3,4)20-24)8-12-31-36(16-14-33(39)40)27-10-6-23(2)18-29(27)42-31/h5-12,17-19H,13-16,20-21H2,1-4H3,(H-,37,38,39,40). The highest BCUT2D eigenvalue weighted by atomic mass is 32.2. The van der Waals surface area contributed by atoms with E-state index in [1.165, 1.54) is 22.3 Å². The van der Waals surface area contributed by atoms with E-state index in [0.717, 1.165) is 43.7 Å². The number of aliphatic carboxylic acids is 2. The van der Waals surface area contributed by atoms with Crippen LogP contribution in [0.4, 0.5) is 5.69 Å². The molecule has 5 rings (SSSR count). The van der Waals surface area contributed by atoms with Crippen LogP contribution in [0.2, 0.25) is 0 Å². The molecule has 1 aliphatic carbocycles. The summed E-state index contributed by atoms with van der Waals surface area (Å²) in [6, 6.07) is 12.6. The molecule has 2 aliphatic rings. The minimum atomic E-state index is -1.05. The van der Waals surface area contributed by atoms with Crippen molar-refractivity contribution in [3.63, 3.8) is 0 Å². The average molecular weight is 601 g/mol. The number of rotatable bonds is 9. The molecule has 218 valence electrons. The number of hydrogen-bond donors (Lipinski definition) is 1. The quantitative estimate of drug-likeness (QED) is 0.280. The van der Waals surface area contributed by atoms with Crippen molar-refractivity contribution in [2.24, 2.45) is 5.41 Å². The predicted molar refractivity (Wildman–Crippen MR) is 169 cm³/mol. The highest BCUT2D eigenvalue weighted by Gasteiger charge is 2.27. The third kappa shape index (κ3) is 7.05. The van der Waals surface area contributed by atoms with Crippen LogP contribution in [0, 0.1) is 19.3 Å². The number of thiazole rings is 1. The second-order valence-corrected chi connectivity index (χ2v) is 14.0. The molecule has 8 heteroatoms. The molecule has 2 heterocycles. The summed E-state index contributed by atoms with van der Waals surface area (Å²) in [4.78, 5) is 25.9. The molecular formula is C34H36N2O4S2. The van der Waals surface area contributed by atoms with E-state index in [1.807, 2.05) is 0 Å². The number of allylic oxidation sites excluding steroid dienone is 6. The number of anilines is 1. The molecule has 0 fully saturated rings. The Morgan fingerprint density at radius 1 is 1.05 bits per heavy atom. The number of thioether (sulfide) groups is 1. The Balaban J connectivity index is 1.44. The first kappa shape index (κ1) is 29.9. The summed E-state index contributed by atoms with van der Waals surface area (Å²) < 4.78 is 3.21. The molecular weight excluding hydrogens is 565 g/mol. The molecule has 1 N–H and O–H groups in total. The fourth-order valence-electron chi connectivity index (χ4n) is 5.62. The summed E-state index contributed by atoms with van der Waals surface area (Å²) in [5.74, 6) is -1.86. The van der Waals surface area contributed by atoms with Gasteiger partial charge in [-0.3, -0.25) is 4.79 Å². The Kier molecular flexibility index (Phi) is 8.76. The van der Waals surface area contributed by atoms with Gasteiger partial charge >= 0.3 is 5.97 Å². The van der Waals surface area contributed by atoms with E-state index in [2.05, 4.69) is 104 Å². The maximum atomic E-state index is 11.3. The Hall–Kier alpha value is -3.62. The Labute approximate surface area is 255 Å². The molecule has 2 aromatic carbocycles. The fourth-order valence-corrected chi connectivity index (χ4v) is 8.00. The van der Waals surface area contributed by atoms with E-state index >= 15 is 0 Å². The van der Waals surface area contributed by atoms with Gasteiger partial charge in [0.05, 0.1) is 17.1 Å². The molecule has 0 amide bonds. The van der Waals surface area contributed by atoms with Gasteiger partial charge in [-0.05, 0) is 78.7 Å². The zero-order valence-electron chi connectivity index (χ0n) is 24.5. The van der Waals surface area contributed by atoms with Gasteiger partial charge in [0.1, 0.15) is 4.70 Å². The number of hydrogen-bond acceptors (Lipinski definition) is 6. The van der Waals surface area contributed by atoms with Crippen LogP contribution >= 0.6 is 23.1 Å². The molecule has 0 unspecified atom stereocenters. The summed E-state index contributed by atoms with van der Waals surface area (Å²) in [6.07, 6.45) is 12.7. The van der Waals surface area contributed by atoms with Crippen LogP contribution in [0.1, 0.15) is 55.7 Å². The minimum absolute atomic E-state index is 0.0343. The second kappa shape index (κ2) is 12.3. The molecule has 0 saturated carbocycles. The van der Waals surface area contributed by atoms with Gasteiger partial charge in [0, 0.05) is 36.0 Å². The van der Waals surface area contributed by atoms with Gasteiger partial charge in [-0.1, -0.05) is 67.3 Å². The molecule has 6 nitrogen and oxygen atoms in total. The van der Waals surface area contributed by atoms with Gasteiger partial charge in [-0.25, -0.2) is 0 Å². The maximum Gasteiger partial charge on any atom is 0.305 e. The summed E-state index contributed by atoms with van der Waals surface area (Å²) in [7, 11) is 0. The summed E-state index contributed by atoms with van der Waals surface area (Å²) in [6.45, 7) is 9.48. The number of carbonyl (C=O) groups excluding carboxylic acids is 1. The largest absolute Gasteiger partial charge is 0.550 e. The van der Waals surface area contributed by atoms with E-state index in [0.29, 0.717) is 13.1 Å². The third-order valence-electron chi connectivity index (χ3n) is 7.48. The first-order valence-electron chi connectivity index (χ1n) is 14.2. The van der Waals surface area contributed by atoms with Crippen LogP contribution < -0.4 is 14.6 Å². The lowest BCUT2D eigenvalue weighted by molar-refractivity contribution is -0.668. The van der Waals surface area contributed by atoms with Crippen molar-refractivity contribution in [1.29, 1.82) is 0 Å². The minimum Gasteiger partial charge on any atom is -0.550 e. The number of nitrogens with zero attached hydrogens (tertiary/aromatic N) is 2. The van der Waals surface area contributed by atoms with E-state index in [1.54, 1.807) is 23.1 Å². The maximum absolute atomic E-state index is 11.3. The molecule has 3 aromatic rings. The van der Waals surface area contributed by atoms with Crippen molar-refractivity contribution < 1.29 is 24.4 Å². The molecule has 0 spiro atoms. The van der Waals surface area contributed by atoms with E-state index in [9.17, 15) is 19.8 Å². The number of aryl methyl sites for hydroxylation is 3. The lowest BCUT2D eigenvalue weighted by Gasteiger charge is -2.30. The van der Waals surface area contributed by atoms with Crippen LogP contribution in [-0.4, -0.2) is 23.6 Å². The monoisotopic (exact) mass is 600 g/mol. The van der Waals surface area contributed by atoms with Crippen molar-refractivity contribution in [1.82, 2.24) is 0 Å². The molecule has 1 aliphatic heterocycles. The Bertz CT molecular complexity index is 1680. The average Bonchev–Trinajstić information content (AvgIpc) is 3.43. The van der Waals surface area contributed by atoms with E-state index < -0.39 is 11.9 Å². The molecule has 1 aromatic heterocycles. The molecule has 0 bridgehead atoms. The van der Waals surface area contributed by atoms with Crippen LogP contribution in [-0.2, 0) is 16.1 Å². The molecule has 0 radical (unpaired) electrons. The summed E-state index contributed by atoms with van der Waals surface area (Å²) >= 11 is 3.35. The smallest absolute Gasteiger partial charge is 0.305 e. The van der Waals surface area contributed by atoms with Gasteiger partial charge in [-0.15, -0.1) is 0 Å². The highest BCUT2D eigenvalue weighted by Crippen LogP contribution is 2.47. The van der Waals surface area contributed by atoms with Crippen LogP contribution in [0.5, 0.6) is 0 Å². The summed E-state index contributed by atoms with van der Waals surface area (Å²) in [5.41, 5.74) is 6.97. The van der Waals surface area contributed by atoms with Gasteiger partial charge in [0.25, 0.3) is 5.01 Å². The zero-order valence-corrected chi connectivity index (χ0v) is 26.1. The number of aromatic nitrogens is 1. The molecule has 0 atom stereocenters. The van der Waals surface area contributed by atoms with Crippen LogP contribution in [0.15, 0.2) is 81.8 Å². The normalized spacial score (nSPS) is 18.3. The Morgan fingerprint density at radius 2 is 1.81 bits per heavy atom. The van der Waals surface area contributed by atoms with E-state index in [4.69, 9.17) is 0 Å². The number of carbonyl (C=O) groups is 2. The first-order chi connectivity index (χ1) is 20.0. The van der Waals surface area contributed by atoms with Crippen molar-refractivity contribution >= 4 is 57.0 Å². The third-order valence-corrected chi connectivity index (χ3v) is 9.70. The fraction of sp³-hybridized carbons (Fsp3) is 0.324. The predicted octanol–water partition coefficient (Wildman–Crippen LogP) is 6.56. The summed E-state index contributed by atoms with van der Waals surface area (Å²) in [5, 5.41) is 22.6. The number of fused-ring (bicyclic) bond motifs is 2. The van der Waals surface area contributed by atoms with Crippen LogP contribution in [0.25, 0.3) is 16.3 Å². The van der Waals surface area contributed by atoms with Crippen molar-refractivity contribution in [3.05, 3.63) is 93.0 Å². The topological polar surface area (TPSA) is 84.5 Å². The lowest BCUT2D eigenvalue weighted by Crippen LogP contribution is -2.38. The first-order valence-corrected chi connectivity index (χ1v) is 15.8. The Morgan fingerprint density at radius 3 is 2.57 bits per heavy atom. The highest BCUT2D eigenvalue weighted by molar-refractivity contribution is 8.03. The number of carboxylic acid groups (broad SMARTS) is 2.